The normalized spacial score (nSPS) is 15.5. The predicted octanol–water partition coefficient (Wildman–Crippen LogP) is 6.94. The van der Waals surface area contributed by atoms with Crippen molar-refractivity contribution in [1.29, 1.82) is 0 Å². The second-order valence-corrected chi connectivity index (χ2v) is 12.0. The van der Waals surface area contributed by atoms with Crippen molar-refractivity contribution in [3.05, 3.63) is 105 Å². The third-order valence-electron chi connectivity index (χ3n) is 7.68. The number of amides is 1. The Balaban J connectivity index is 1.56. The minimum Gasteiger partial charge on any atom is -0.507 e. The van der Waals surface area contributed by atoms with Crippen LogP contribution >= 0.6 is 11.3 Å². The van der Waals surface area contributed by atoms with Crippen LogP contribution in [0.2, 0.25) is 0 Å². The Kier molecular flexibility index (Phi) is 10.3. The first-order valence-electron chi connectivity index (χ1n) is 15.1. The molecule has 1 saturated heterocycles. The number of aryl methyl sites for hydroxylation is 2. The number of benzene rings is 3. The van der Waals surface area contributed by atoms with Crippen LogP contribution in [0.1, 0.15) is 63.4 Å². The van der Waals surface area contributed by atoms with E-state index in [1.54, 1.807) is 49.4 Å². The molecule has 1 aliphatic rings. The van der Waals surface area contributed by atoms with Crippen molar-refractivity contribution in [2.75, 3.05) is 25.7 Å². The lowest BCUT2D eigenvalue weighted by Gasteiger charge is -2.24. The molecular formula is C36H36N2O8S. The maximum atomic E-state index is 13.7. The molecule has 0 bridgehead atoms. The predicted molar refractivity (Wildman–Crippen MR) is 178 cm³/mol. The average Bonchev–Trinajstić information content (AvgIpc) is 3.59. The molecular weight excluding hydrogens is 620 g/mol. The molecule has 1 unspecified atom stereocenters. The van der Waals surface area contributed by atoms with E-state index in [2.05, 4.69) is 11.9 Å². The van der Waals surface area contributed by atoms with E-state index in [-0.39, 0.29) is 21.3 Å². The number of aromatic nitrogens is 1. The number of Topliss-reactive ketones (excluding diaryl/α,β-unsaturated/α-hetero) is 1. The van der Waals surface area contributed by atoms with Gasteiger partial charge in [-0.3, -0.25) is 14.5 Å². The summed E-state index contributed by atoms with van der Waals surface area (Å²) in [5, 5.41) is 11.7. The molecule has 1 N–H and O–H groups in total. The highest BCUT2D eigenvalue weighted by molar-refractivity contribution is 7.17. The van der Waals surface area contributed by atoms with Gasteiger partial charge in [-0.1, -0.05) is 60.6 Å². The quantitative estimate of drug-likeness (QED) is 0.0568. The zero-order chi connectivity index (χ0) is 33.7. The van der Waals surface area contributed by atoms with Crippen molar-refractivity contribution < 1.29 is 38.4 Å². The van der Waals surface area contributed by atoms with E-state index >= 15 is 0 Å². The van der Waals surface area contributed by atoms with Crippen LogP contribution in [-0.2, 0) is 20.9 Å². The fourth-order valence-electron chi connectivity index (χ4n) is 5.25. The Morgan fingerprint density at radius 1 is 0.979 bits per heavy atom. The van der Waals surface area contributed by atoms with E-state index in [0.29, 0.717) is 47.3 Å². The number of carbonyl (C=O) groups is 3. The molecule has 5 rings (SSSR count). The summed E-state index contributed by atoms with van der Waals surface area (Å²) in [5.74, 6) is -1.32. The van der Waals surface area contributed by atoms with Gasteiger partial charge in [-0.05, 0) is 67.8 Å². The van der Waals surface area contributed by atoms with Gasteiger partial charge in [0, 0.05) is 5.56 Å². The summed E-state index contributed by atoms with van der Waals surface area (Å²) < 4.78 is 22.3. The molecule has 1 aromatic heterocycles. The summed E-state index contributed by atoms with van der Waals surface area (Å²) in [6, 6.07) is 18.6. The molecule has 3 aromatic carbocycles. The smallest absolute Gasteiger partial charge is 0.350 e. The Bertz CT molecular complexity index is 1830. The maximum Gasteiger partial charge on any atom is 0.350 e. The summed E-state index contributed by atoms with van der Waals surface area (Å²) in [4.78, 5) is 45.7. The Hall–Kier alpha value is -5.16. The number of carbonyl (C=O) groups excluding carboxylic acids is 3. The van der Waals surface area contributed by atoms with Crippen LogP contribution in [0.4, 0.5) is 5.13 Å². The second kappa shape index (κ2) is 14.5. The van der Waals surface area contributed by atoms with E-state index in [1.807, 2.05) is 31.2 Å². The Labute approximate surface area is 277 Å². The van der Waals surface area contributed by atoms with Gasteiger partial charge in [-0.2, -0.15) is 0 Å². The zero-order valence-electron chi connectivity index (χ0n) is 26.9. The standard InChI is InChI=1S/C36H36N2O8S/c1-6-7-17-45-27-16-13-25(19-28(27)43-4)30-29(32(40)34(41)38(30)36-37-22(3)33(47-36)35(42)44-5)31(39)24-11-14-26(15-12-24)46-20-23-10-8-9-21(2)18-23/h8-16,18-19,30,39H,6-7,17,20H2,1-5H3. The molecule has 1 atom stereocenters. The minimum atomic E-state index is -1.10. The van der Waals surface area contributed by atoms with Crippen molar-refractivity contribution in [3.8, 4) is 17.2 Å². The summed E-state index contributed by atoms with van der Waals surface area (Å²) in [7, 11) is 2.75. The molecule has 0 spiro atoms. The van der Waals surface area contributed by atoms with Gasteiger partial charge >= 0.3 is 11.9 Å². The van der Waals surface area contributed by atoms with Gasteiger partial charge in [-0.15, -0.1) is 0 Å². The Morgan fingerprint density at radius 2 is 1.74 bits per heavy atom. The third-order valence-corrected chi connectivity index (χ3v) is 8.82. The first-order valence-corrected chi connectivity index (χ1v) is 15.9. The van der Waals surface area contributed by atoms with E-state index in [0.717, 1.165) is 35.3 Å². The number of nitrogens with zero attached hydrogens (tertiary/aromatic N) is 2. The largest absolute Gasteiger partial charge is 0.507 e. The van der Waals surface area contributed by atoms with Gasteiger partial charge in [0.25, 0.3) is 5.78 Å². The van der Waals surface area contributed by atoms with Gasteiger partial charge in [0.2, 0.25) is 0 Å². The maximum absolute atomic E-state index is 13.7. The highest BCUT2D eigenvalue weighted by Gasteiger charge is 2.48. The number of unbranched alkanes of at least 4 members (excludes halogenated alkanes) is 1. The first kappa shape index (κ1) is 33.2. The van der Waals surface area contributed by atoms with Gasteiger partial charge < -0.3 is 24.1 Å². The number of hydrogen-bond acceptors (Lipinski definition) is 10. The van der Waals surface area contributed by atoms with Crippen molar-refractivity contribution in [3.63, 3.8) is 0 Å². The number of hydrogen-bond donors (Lipinski definition) is 1. The number of ether oxygens (including phenoxy) is 4. The molecule has 1 fully saturated rings. The zero-order valence-corrected chi connectivity index (χ0v) is 27.7. The fourth-order valence-corrected chi connectivity index (χ4v) is 6.26. The highest BCUT2D eigenvalue weighted by Crippen LogP contribution is 2.45. The van der Waals surface area contributed by atoms with Crippen molar-refractivity contribution >= 4 is 39.9 Å². The summed E-state index contributed by atoms with van der Waals surface area (Å²) >= 11 is 0.927. The first-order chi connectivity index (χ1) is 22.7. The van der Waals surface area contributed by atoms with Crippen LogP contribution in [-0.4, -0.2) is 48.6 Å². The summed E-state index contributed by atoms with van der Waals surface area (Å²) in [6.45, 7) is 6.54. The number of thiazole rings is 1. The van der Waals surface area contributed by atoms with Crippen LogP contribution in [0, 0.1) is 13.8 Å². The van der Waals surface area contributed by atoms with Crippen molar-refractivity contribution in [2.45, 2.75) is 46.3 Å². The number of rotatable bonds is 12. The number of esters is 1. The molecule has 0 saturated carbocycles. The molecule has 0 aliphatic carbocycles. The molecule has 10 nitrogen and oxygen atoms in total. The van der Waals surface area contributed by atoms with Crippen LogP contribution in [0.3, 0.4) is 0 Å². The van der Waals surface area contributed by atoms with Crippen LogP contribution < -0.4 is 19.1 Å². The number of methoxy groups -OCH3 is 2. The highest BCUT2D eigenvalue weighted by atomic mass is 32.1. The molecule has 1 amide bonds. The molecule has 1 aliphatic heterocycles. The van der Waals surface area contributed by atoms with Crippen molar-refractivity contribution in [1.82, 2.24) is 4.98 Å². The molecule has 244 valence electrons. The number of anilines is 1. The number of aliphatic hydroxyl groups is 1. The Morgan fingerprint density at radius 3 is 2.43 bits per heavy atom. The van der Waals surface area contributed by atoms with E-state index in [9.17, 15) is 19.5 Å². The van der Waals surface area contributed by atoms with E-state index in [1.165, 1.54) is 19.1 Å². The van der Waals surface area contributed by atoms with Crippen LogP contribution in [0.5, 0.6) is 17.2 Å². The van der Waals surface area contributed by atoms with Gasteiger partial charge in [-0.25, -0.2) is 9.78 Å². The summed E-state index contributed by atoms with van der Waals surface area (Å²) in [5.41, 5.74) is 3.13. The second-order valence-electron chi connectivity index (χ2n) is 11.0. The summed E-state index contributed by atoms with van der Waals surface area (Å²) in [6.07, 6.45) is 1.81. The van der Waals surface area contributed by atoms with Crippen LogP contribution in [0.25, 0.3) is 5.76 Å². The van der Waals surface area contributed by atoms with Gasteiger partial charge in [0.05, 0.1) is 38.1 Å². The topological polar surface area (TPSA) is 124 Å². The van der Waals surface area contributed by atoms with Crippen LogP contribution in [0.15, 0.2) is 72.3 Å². The molecule has 2 heterocycles. The third kappa shape index (κ3) is 7.00. The lowest BCUT2D eigenvalue weighted by atomic mass is 9.95. The van der Waals surface area contributed by atoms with E-state index < -0.39 is 23.7 Å². The molecule has 0 radical (unpaired) electrons. The van der Waals surface area contributed by atoms with Gasteiger partial charge in [0.1, 0.15) is 23.0 Å². The SMILES string of the molecule is CCCCOc1ccc(C2C(=C(O)c3ccc(OCc4cccc(C)c4)cc3)C(=O)C(=O)N2c2nc(C)c(C(=O)OC)s2)cc1OC. The average molecular weight is 657 g/mol. The minimum absolute atomic E-state index is 0.108. The lowest BCUT2D eigenvalue weighted by molar-refractivity contribution is -0.132. The molecule has 11 heteroatoms. The molecule has 4 aromatic rings. The molecule has 47 heavy (non-hydrogen) atoms. The monoisotopic (exact) mass is 656 g/mol. The van der Waals surface area contributed by atoms with Crippen molar-refractivity contribution in [2.24, 2.45) is 0 Å². The van der Waals surface area contributed by atoms with Gasteiger partial charge in [0.15, 0.2) is 16.6 Å². The number of aliphatic hydroxyl groups excluding tert-OH is 1. The lowest BCUT2D eigenvalue weighted by Crippen LogP contribution is -2.29. The fraction of sp³-hybridized carbons (Fsp3) is 0.278. The number of ketones is 1. The van der Waals surface area contributed by atoms with E-state index in [4.69, 9.17) is 18.9 Å².